The standard InChI is InChI=1S/C40H33N3O4/c1-28-12-14-30(15-13-28)26-39(46)43-36-22-21-34(27-35(36)40(47)33-10-6-3-7-11-33)42-38(45)24-25-41-37(44)23-18-29-16-19-32(20-17-29)31-8-4-2-5-9-31/h2-25,27H,26H2,1H3,(H,41,44)(H,42,45)(H,43,46). The van der Waals surface area contributed by atoms with E-state index in [1.54, 1.807) is 42.5 Å². The molecule has 0 fully saturated rings. The molecule has 0 atom stereocenters. The molecule has 0 bridgehead atoms. The second-order valence-corrected chi connectivity index (χ2v) is 10.8. The fourth-order valence-electron chi connectivity index (χ4n) is 4.77. The first kappa shape index (κ1) is 32.1. The maximum Gasteiger partial charge on any atom is 0.249 e. The molecule has 0 aliphatic carbocycles. The quantitative estimate of drug-likeness (QED) is 0.106. The van der Waals surface area contributed by atoms with Crippen LogP contribution in [0.1, 0.15) is 32.6 Å². The molecule has 47 heavy (non-hydrogen) atoms. The Labute approximate surface area is 273 Å². The number of hydrogen-bond donors (Lipinski definition) is 3. The molecule has 0 radical (unpaired) electrons. The second kappa shape index (κ2) is 15.6. The molecule has 0 aromatic heterocycles. The van der Waals surface area contributed by atoms with Crippen molar-refractivity contribution in [2.45, 2.75) is 13.3 Å². The monoisotopic (exact) mass is 619 g/mol. The highest BCUT2D eigenvalue weighted by Crippen LogP contribution is 2.25. The molecular formula is C40H33N3O4. The van der Waals surface area contributed by atoms with E-state index in [0.717, 1.165) is 27.8 Å². The third-order valence-corrected chi connectivity index (χ3v) is 7.23. The maximum absolute atomic E-state index is 13.4. The highest BCUT2D eigenvalue weighted by molar-refractivity contribution is 6.15. The average Bonchev–Trinajstić information content (AvgIpc) is 3.09. The molecule has 0 aliphatic rings. The lowest BCUT2D eigenvalue weighted by molar-refractivity contribution is -0.116. The van der Waals surface area contributed by atoms with E-state index in [1.165, 1.54) is 24.4 Å². The van der Waals surface area contributed by atoms with Crippen LogP contribution < -0.4 is 16.0 Å². The molecule has 0 unspecified atom stereocenters. The van der Waals surface area contributed by atoms with Gasteiger partial charge < -0.3 is 16.0 Å². The molecule has 0 saturated heterocycles. The molecule has 5 aromatic carbocycles. The van der Waals surface area contributed by atoms with Gasteiger partial charge in [0.2, 0.25) is 17.7 Å². The largest absolute Gasteiger partial charge is 0.329 e. The first-order chi connectivity index (χ1) is 22.8. The van der Waals surface area contributed by atoms with Crippen LogP contribution in [-0.4, -0.2) is 23.5 Å². The predicted molar refractivity (Wildman–Crippen MR) is 187 cm³/mol. The molecule has 7 heteroatoms. The Morgan fingerprint density at radius 1 is 0.638 bits per heavy atom. The van der Waals surface area contributed by atoms with Crippen LogP contribution in [0, 0.1) is 6.92 Å². The number of carbonyl (C=O) groups excluding carboxylic acids is 4. The van der Waals surface area contributed by atoms with Crippen LogP contribution in [0.3, 0.4) is 0 Å². The van der Waals surface area contributed by atoms with Crippen molar-refractivity contribution in [3.63, 3.8) is 0 Å². The van der Waals surface area contributed by atoms with Gasteiger partial charge in [0.1, 0.15) is 0 Å². The Bertz CT molecular complexity index is 1930. The van der Waals surface area contributed by atoms with Gasteiger partial charge in [0.15, 0.2) is 5.78 Å². The van der Waals surface area contributed by atoms with E-state index in [1.807, 2.05) is 91.9 Å². The number of benzene rings is 5. The summed E-state index contributed by atoms with van der Waals surface area (Å²) < 4.78 is 0. The number of anilines is 2. The van der Waals surface area contributed by atoms with E-state index in [2.05, 4.69) is 16.0 Å². The Morgan fingerprint density at radius 3 is 2.00 bits per heavy atom. The van der Waals surface area contributed by atoms with Gasteiger partial charge in [-0.05, 0) is 53.5 Å². The smallest absolute Gasteiger partial charge is 0.249 e. The SMILES string of the molecule is Cc1ccc(CC(=O)Nc2ccc(NC(=O)C=CNC(=O)C=Cc3ccc(-c4ccccc4)cc3)cc2C(=O)c2ccccc2)cc1. The number of nitrogens with one attached hydrogen (secondary N) is 3. The zero-order chi connectivity index (χ0) is 33.0. The van der Waals surface area contributed by atoms with E-state index in [0.29, 0.717) is 16.9 Å². The van der Waals surface area contributed by atoms with Gasteiger partial charge >= 0.3 is 0 Å². The first-order valence-corrected chi connectivity index (χ1v) is 15.0. The Hall–Kier alpha value is -6.34. The zero-order valence-electron chi connectivity index (χ0n) is 25.8. The molecule has 5 aromatic rings. The number of hydrogen-bond acceptors (Lipinski definition) is 4. The van der Waals surface area contributed by atoms with Crippen molar-refractivity contribution >= 4 is 41.0 Å². The van der Waals surface area contributed by atoms with Gasteiger partial charge in [0.25, 0.3) is 0 Å². The fraction of sp³-hybridized carbons (Fsp3) is 0.0500. The van der Waals surface area contributed by atoms with Crippen molar-refractivity contribution in [2.75, 3.05) is 10.6 Å². The highest BCUT2D eigenvalue weighted by atomic mass is 16.2. The lowest BCUT2D eigenvalue weighted by Crippen LogP contribution is -2.18. The number of aryl methyl sites for hydroxylation is 1. The van der Waals surface area contributed by atoms with E-state index in [-0.39, 0.29) is 23.7 Å². The fourth-order valence-corrected chi connectivity index (χ4v) is 4.77. The maximum atomic E-state index is 13.4. The summed E-state index contributed by atoms with van der Waals surface area (Å²) in [7, 11) is 0. The van der Waals surface area contributed by atoms with Gasteiger partial charge in [-0.25, -0.2) is 0 Å². The van der Waals surface area contributed by atoms with Crippen LogP contribution >= 0.6 is 0 Å². The van der Waals surface area contributed by atoms with Crippen molar-refractivity contribution in [2.24, 2.45) is 0 Å². The minimum Gasteiger partial charge on any atom is -0.329 e. The van der Waals surface area contributed by atoms with Crippen LogP contribution in [0.5, 0.6) is 0 Å². The lowest BCUT2D eigenvalue weighted by Gasteiger charge is -2.13. The van der Waals surface area contributed by atoms with Crippen molar-refractivity contribution < 1.29 is 19.2 Å². The molecular weight excluding hydrogens is 586 g/mol. The number of amides is 3. The van der Waals surface area contributed by atoms with Crippen molar-refractivity contribution in [1.82, 2.24) is 5.32 Å². The molecule has 7 nitrogen and oxygen atoms in total. The highest BCUT2D eigenvalue weighted by Gasteiger charge is 2.17. The van der Waals surface area contributed by atoms with Crippen LogP contribution in [0.15, 0.2) is 146 Å². The molecule has 0 spiro atoms. The Morgan fingerprint density at radius 2 is 1.30 bits per heavy atom. The van der Waals surface area contributed by atoms with Crippen molar-refractivity contribution in [3.05, 3.63) is 174 Å². The third kappa shape index (κ3) is 9.33. The Balaban J connectivity index is 1.20. The van der Waals surface area contributed by atoms with Gasteiger partial charge in [-0.15, -0.1) is 0 Å². The summed E-state index contributed by atoms with van der Waals surface area (Å²) in [6.45, 7) is 1.98. The molecule has 0 saturated carbocycles. The molecule has 5 rings (SSSR count). The van der Waals surface area contributed by atoms with Gasteiger partial charge in [0, 0.05) is 35.2 Å². The second-order valence-electron chi connectivity index (χ2n) is 10.8. The summed E-state index contributed by atoms with van der Waals surface area (Å²) in [5.41, 5.74) is 6.33. The Kier molecular flexibility index (Phi) is 10.6. The topological polar surface area (TPSA) is 104 Å². The summed E-state index contributed by atoms with van der Waals surface area (Å²) in [6.07, 6.45) is 5.63. The molecule has 0 aliphatic heterocycles. The van der Waals surface area contributed by atoms with E-state index in [4.69, 9.17) is 0 Å². The third-order valence-electron chi connectivity index (χ3n) is 7.23. The predicted octanol–water partition coefficient (Wildman–Crippen LogP) is 7.36. The van der Waals surface area contributed by atoms with E-state index < -0.39 is 11.8 Å². The molecule has 232 valence electrons. The van der Waals surface area contributed by atoms with Gasteiger partial charge in [-0.3, -0.25) is 19.2 Å². The summed E-state index contributed by atoms with van der Waals surface area (Å²) >= 11 is 0. The first-order valence-electron chi connectivity index (χ1n) is 15.0. The summed E-state index contributed by atoms with van der Waals surface area (Å²) in [6, 6.07) is 38.9. The average molecular weight is 620 g/mol. The van der Waals surface area contributed by atoms with E-state index >= 15 is 0 Å². The van der Waals surface area contributed by atoms with Crippen LogP contribution in [0.4, 0.5) is 11.4 Å². The van der Waals surface area contributed by atoms with Crippen LogP contribution in [0.2, 0.25) is 0 Å². The molecule has 0 heterocycles. The number of ketones is 1. The number of carbonyl (C=O) groups is 4. The normalized spacial score (nSPS) is 10.9. The number of rotatable bonds is 11. The van der Waals surface area contributed by atoms with Crippen LogP contribution in [0.25, 0.3) is 17.2 Å². The summed E-state index contributed by atoms with van der Waals surface area (Å²) in [5.74, 6) is -1.50. The summed E-state index contributed by atoms with van der Waals surface area (Å²) in [4.78, 5) is 51.3. The minimum absolute atomic E-state index is 0.143. The van der Waals surface area contributed by atoms with Crippen molar-refractivity contribution in [3.8, 4) is 11.1 Å². The van der Waals surface area contributed by atoms with Crippen molar-refractivity contribution in [1.29, 1.82) is 0 Å². The minimum atomic E-state index is -0.514. The van der Waals surface area contributed by atoms with Gasteiger partial charge in [0.05, 0.1) is 12.1 Å². The van der Waals surface area contributed by atoms with Gasteiger partial charge in [-0.1, -0.05) is 115 Å². The van der Waals surface area contributed by atoms with Crippen LogP contribution in [-0.2, 0) is 20.8 Å². The summed E-state index contributed by atoms with van der Waals surface area (Å²) in [5, 5.41) is 8.09. The van der Waals surface area contributed by atoms with E-state index in [9.17, 15) is 19.2 Å². The molecule has 3 amide bonds. The molecule has 3 N–H and O–H groups in total. The van der Waals surface area contributed by atoms with Gasteiger partial charge in [-0.2, -0.15) is 0 Å². The zero-order valence-corrected chi connectivity index (χ0v) is 25.8. The lowest BCUT2D eigenvalue weighted by atomic mass is 10.0.